The van der Waals surface area contributed by atoms with E-state index in [4.69, 9.17) is 5.73 Å². The maximum Gasteiger partial charge on any atom is 0.0366 e. The highest BCUT2D eigenvalue weighted by Crippen LogP contribution is 2.18. The van der Waals surface area contributed by atoms with E-state index in [1.165, 1.54) is 24.2 Å². The normalized spacial score (nSPS) is 12.7. The Bertz CT molecular complexity index is 355. The van der Waals surface area contributed by atoms with Gasteiger partial charge in [0.2, 0.25) is 0 Å². The highest BCUT2D eigenvalue weighted by molar-refractivity contribution is 5.47. The van der Waals surface area contributed by atoms with Gasteiger partial charge in [-0.3, -0.25) is 0 Å². The monoisotopic (exact) mass is 277 g/mol. The Labute approximate surface area is 124 Å². The van der Waals surface area contributed by atoms with Gasteiger partial charge in [-0.15, -0.1) is 0 Å². The summed E-state index contributed by atoms with van der Waals surface area (Å²) in [5.41, 5.74) is 8.40. The largest absolute Gasteiger partial charge is 0.372 e. The fourth-order valence-corrected chi connectivity index (χ4v) is 2.48. The molecule has 20 heavy (non-hydrogen) atoms. The number of nitrogens with zero attached hydrogens (tertiary/aromatic N) is 2. The number of nitrogens with two attached hydrogens (primary N) is 1. The molecule has 0 amide bonds. The smallest absolute Gasteiger partial charge is 0.0366 e. The molecule has 1 atom stereocenters. The summed E-state index contributed by atoms with van der Waals surface area (Å²) < 4.78 is 0. The lowest BCUT2D eigenvalue weighted by Gasteiger charge is -2.25. The second-order valence-electron chi connectivity index (χ2n) is 5.34. The third-order valence-corrected chi connectivity index (χ3v) is 3.96. The zero-order chi connectivity index (χ0) is 15.0. The van der Waals surface area contributed by atoms with Crippen molar-refractivity contribution in [3.05, 3.63) is 29.8 Å². The number of rotatable bonds is 9. The van der Waals surface area contributed by atoms with Gasteiger partial charge in [0.1, 0.15) is 0 Å². The van der Waals surface area contributed by atoms with Gasteiger partial charge < -0.3 is 15.5 Å². The van der Waals surface area contributed by atoms with Gasteiger partial charge in [0, 0.05) is 24.8 Å². The fraction of sp³-hybridized carbons (Fsp3) is 0.647. The van der Waals surface area contributed by atoms with Gasteiger partial charge in [0.15, 0.2) is 0 Å². The van der Waals surface area contributed by atoms with Crippen molar-refractivity contribution < 1.29 is 0 Å². The molecule has 3 nitrogen and oxygen atoms in total. The molecule has 0 saturated heterocycles. The SMILES string of the molecule is CCN(CC)CCCN(CC)c1ccc(C(C)N)cc1. The van der Waals surface area contributed by atoms with Crippen molar-refractivity contribution in [3.8, 4) is 0 Å². The molecule has 1 aromatic rings. The maximum absolute atomic E-state index is 5.90. The molecule has 0 bridgehead atoms. The summed E-state index contributed by atoms with van der Waals surface area (Å²) >= 11 is 0. The Morgan fingerprint density at radius 2 is 1.55 bits per heavy atom. The second kappa shape index (κ2) is 8.98. The first-order chi connectivity index (χ1) is 9.62. The van der Waals surface area contributed by atoms with Crippen LogP contribution in [0, 0.1) is 0 Å². The van der Waals surface area contributed by atoms with E-state index in [0.717, 1.165) is 26.2 Å². The van der Waals surface area contributed by atoms with Crippen LogP contribution in [0.3, 0.4) is 0 Å². The fourth-order valence-electron chi connectivity index (χ4n) is 2.48. The van der Waals surface area contributed by atoms with Crippen LogP contribution in [-0.4, -0.2) is 37.6 Å². The van der Waals surface area contributed by atoms with Crippen molar-refractivity contribution in [2.75, 3.05) is 37.6 Å². The summed E-state index contributed by atoms with van der Waals surface area (Å²) in [6, 6.07) is 8.79. The van der Waals surface area contributed by atoms with Crippen molar-refractivity contribution in [1.29, 1.82) is 0 Å². The summed E-state index contributed by atoms with van der Waals surface area (Å²) in [5, 5.41) is 0. The zero-order valence-electron chi connectivity index (χ0n) is 13.6. The molecule has 0 saturated carbocycles. The van der Waals surface area contributed by atoms with Crippen LogP contribution in [0.1, 0.15) is 45.7 Å². The average Bonchev–Trinajstić information content (AvgIpc) is 2.48. The molecule has 1 aromatic carbocycles. The van der Waals surface area contributed by atoms with Crippen LogP contribution in [-0.2, 0) is 0 Å². The van der Waals surface area contributed by atoms with Gasteiger partial charge in [0.25, 0.3) is 0 Å². The van der Waals surface area contributed by atoms with E-state index >= 15 is 0 Å². The maximum atomic E-state index is 5.90. The van der Waals surface area contributed by atoms with E-state index in [0.29, 0.717) is 0 Å². The summed E-state index contributed by atoms with van der Waals surface area (Å²) in [6.45, 7) is 14.3. The van der Waals surface area contributed by atoms with Crippen LogP contribution in [0.2, 0.25) is 0 Å². The lowest BCUT2D eigenvalue weighted by molar-refractivity contribution is 0.301. The molecular weight excluding hydrogens is 246 g/mol. The van der Waals surface area contributed by atoms with Crippen LogP contribution < -0.4 is 10.6 Å². The summed E-state index contributed by atoms with van der Waals surface area (Å²) in [7, 11) is 0. The molecule has 3 heteroatoms. The molecule has 1 rings (SSSR count). The average molecular weight is 277 g/mol. The van der Waals surface area contributed by atoms with Gasteiger partial charge >= 0.3 is 0 Å². The van der Waals surface area contributed by atoms with Crippen molar-refractivity contribution in [1.82, 2.24) is 4.90 Å². The van der Waals surface area contributed by atoms with E-state index < -0.39 is 0 Å². The minimum Gasteiger partial charge on any atom is -0.372 e. The van der Waals surface area contributed by atoms with Crippen LogP contribution in [0.4, 0.5) is 5.69 Å². The van der Waals surface area contributed by atoms with Gasteiger partial charge in [-0.25, -0.2) is 0 Å². The van der Waals surface area contributed by atoms with E-state index in [2.05, 4.69) is 54.8 Å². The van der Waals surface area contributed by atoms with E-state index in [9.17, 15) is 0 Å². The van der Waals surface area contributed by atoms with Gasteiger partial charge in [-0.2, -0.15) is 0 Å². The third kappa shape index (κ3) is 5.14. The Morgan fingerprint density at radius 1 is 0.950 bits per heavy atom. The lowest BCUT2D eigenvalue weighted by Crippen LogP contribution is -2.30. The Morgan fingerprint density at radius 3 is 2.00 bits per heavy atom. The Balaban J connectivity index is 2.53. The van der Waals surface area contributed by atoms with Crippen LogP contribution in [0.25, 0.3) is 0 Å². The molecular formula is C17H31N3. The van der Waals surface area contributed by atoms with Gasteiger partial charge in [-0.05, 0) is 57.6 Å². The Hall–Kier alpha value is -1.06. The van der Waals surface area contributed by atoms with Crippen molar-refractivity contribution >= 4 is 5.69 Å². The number of hydrogen-bond donors (Lipinski definition) is 1. The highest BCUT2D eigenvalue weighted by atomic mass is 15.1. The number of benzene rings is 1. The molecule has 0 aliphatic carbocycles. The van der Waals surface area contributed by atoms with Crippen molar-refractivity contribution in [3.63, 3.8) is 0 Å². The topological polar surface area (TPSA) is 32.5 Å². The van der Waals surface area contributed by atoms with Crippen molar-refractivity contribution in [2.24, 2.45) is 5.73 Å². The minimum atomic E-state index is 0.113. The summed E-state index contributed by atoms with van der Waals surface area (Å²) in [5.74, 6) is 0. The second-order valence-corrected chi connectivity index (χ2v) is 5.34. The molecule has 0 aromatic heterocycles. The quantitative estimate of drug-likeness (QED) is 0.752. The van der Waals surface area contributed by atoms with Crippen LogP contribution in [0.5, 0.6) is 0 Å². The van der Waals surface area contributed by atoms with E-state index in [1.54, 1.807) is 0 Å². The molecule has 2 N–H and O–H groups in total. The molecule has 0 aliphatic heterocycles. The van der Waals surface area contributed by atoms with Gasteiger partial charge in [-0.1, -0.05) is 26.0 Å². The van der Waals surface area contributed by atoms with E-state index in [-0.39, 0.29) is 6.04 Å². The molecule has 114 valence electrons. The van der Waals surface area contributed by atoms with Crippen LogP contribution >= 0.6 is 0 Å². The molecule has 0 aliphatic rings. The van der Waals surface area contributed by atoms with Gasteiger partial charge in [0.05, 0.1) is 0 Å². The Kier molecular flexibility index (Phi) is 7.63. The minimum absolute atomic E-state index is 0.113. The molecule has 1 unspecified atom stereocenters. The molecule has 0 spiro atoms. The first-order valence-corrected chi connectivity index (χ1v) is 7.95. The predicted molar refractivity (Wildman–Crippen MR) is 89.3 cm³/mol. The number of anilines is 1. The number of hydrogen-bond acceptors (Lipinski definition) is 3. The first-order valence-electron chi connectivity index (χ1n) is 7.95. The third-order valence-electron chi connectivity index (χ3n) is 3.96. The van der Waals surface area contributed by atoms with Crippen LogP contribution in [0.15, 0.2) is 24.3 Å². The lowest BCUT2D eigenvalue weighted by atomic mass is 10.1. The molecule has 0 fully saturated rings. The summed E-state index contributed by atoms with van der Waals surface area (Å²) in [6.07, 6.45) is 1.21. The standard InChI is InChI=1S/C17H31N3/c1-5-19(6-2)13-8-14-20(7-3)17-11-9-16(10-12-17)15(4)18/h9-12,15H,5-8,13-14,18H2,1-4H3. The van der Waals surface area contributed by atoms with Crippen molar-refractivity contribution in [2.45, 2.75) is 40.2 Å². The summed E-state index contributed by atoms with van der Waals surface area (Å²) in [4.78, 5) is 4.92. The molecule has 0 heterocycles. The zero-order valence-corrected chi connectivity index (χ0v) is 13.6. The first kappa shape index (κ1) is 17.0. The molecule has 0 radical (unpaired) electrons. The highest BCUT2D eigenvalue weighted by Gasteiger charge is 2.06. The van der Waals surface area contributed by atoms with E-state index in [1.807, 2.05) is 6.92 Å². The predicted octanol–water partition coefficient (Wildman–Crippen LogP) is 3.26.